The third kappa shape index (κ3) is 6.53. The van der Waals surface area contributed by atoms with E-state index in [2.05, 4.69) is 190 Å². The number of rotatable bonds is 8. The summed E-state index contributed by atoms with van der Waals surface area (Å²) in [5, 5.41) is 4.77. The fourth-order valence-corrected chi connectivity index (χ4v) is 9.19. The van der Waals surface area contributed by atoms with Gasteiger partial charge in [0.15, 0.2) is 0 Å². The fourth-order valence-electron chi connectivity index (χ4n) is 9.19. The lowest BCUT2D eigenvalue weighted by Gasteiger charge is -2.21. The van der Waals surface area contributed by atoms with Crippen molar-refractivity contribution in [2.24, 2.45) is 10.7 Å². The lowest BCUT2D eigenvalue weighted by molar-refractivity contribution is 0.660. The van der Waals surface area contributed by atoms with Gasteiger partial charge in [-0.25, -0.2) is 4.99 Å². The zero-order valence-corrected chi connectivity index (χ0v) is 33.4. The number of nitrogens with two attached hydrogens (primary N) is 1. The van der Waals surface area contributed by atoms with Crippen LogP contribution in [0.15, 0.2) is 211 Å². The Bertz CT molecular complexity index is 3110. The van der Waals surface area contributed by atoms with E-state index in [1.54, 1.807) is 0 Å². The Morgan fingerprint density at radius 2 is 1.12 bits per heavy atom. The van der Waals surface area contributed by atoms with Gasteiger partial charge < -0.3 is 5.73 Å². The van der Waals surface area contributed by atoms with Crippen molar-refractivity contribution < 1.29 is 0 Å². The topological polar surface area (TPSA) is 38.4 Å². The summed E-state index contributed by atoms with van der Waals surface area (Å²) in [6, 6.07) is 71.9. The van der Waals surface area contributed by atoms with Gasteiger partial charge in [0.05, 0.1) is 5.70 Å². The van der Waals surface area contributed by atoms with Gasteiger partial charge in [-0.05, 0) is 101 Å². The molecule has 2 nitrogen and oxygen atoms in total. The van der Waals surface area contributed by atoms with Crippen LogP contribution in [0, 0.1) is 0 Å². The second-order valence-electron chi connectivity index (χ2n) is 16.1. The first kappa shape index (κ1) is 36.1. The molecule has 0 unspecified atom stereocenters. The van der Waals surface area contributed by atoms with Crippen molar-refractivity contribution in [2.75, 3.05) is 0 Å². The Labute approximate surface area is 346 Å². The molecule has 0 bridgehead atoms. The summed E-state index contributed by atoms with van der Waals surface area (Å²) < 4.78 is 0. The van der Waals surface area contributed by atoms with E-state index in [0.29, 0.717) is 12.3 Å². The summed E-state index contributed by atoms with van der Waals surface area (Å²) in [7, 11) is 0. The van der Waals surface area contributed by atoms with Crippen LogP contribution in [0.3, 0.4) is 0 Å². The van der Waals surface area contributed by atoms with Gasteiger partial charge in [-0.1, -0.05) is 208 Å². The molecule has 0 saturated heterocycles. The Morgan fingerprint density at radius 3 is 1.97 bits per heavy atom. The molecule has 0 spiro atoms. The van der Waals surface area contributed by atoms with Gasteiger partial charge in [0.1, 0.15) is 5.84 Å². The van der Waals surface area contributed by atoms with E-state index in [4.69, 9.17) is 10.7 Å². The van der Waals surface area contributed by atoms with Gasteiger partial charge in [0.2, 0.25) is 0 Å². The first-order chi connectivity index (χ1) is 28.9. The summed E-state index contributed by atoms with van der Waals surface area (Å²) in [6.07, 6.45) is 2.93. The Hall–Kier alpha value is -7.29. The molecule has 282 valence electrons. The maximum atomic E-state index is 6.81. The SMILES string of the molecule is CC1(C)c2ccccc2-c2c(-c3cccc(-c4ccc(/C(=C/Cc5ccccc5-c5ccc6ccccc6c5)N=C(N)c5ccccc5)c5ccccc45)c3)cccc21. The van der Waals surface area contributed by atoms with Crippen LogP contribution in [-0.4, -0.2) is 5.84 Å². The zero-order valence-electron chi connectivity index (χ0n) is 33.4. The van der Waals surface area contributed by atoms with E-state index in [1.807, 2.05) is 30.3 Å². The lowest BCUT2D eigenvalue weighted by Crippen LogP contribution is -2.14. The Kier molecular flexibility index (Phi) is 9.11. The predicted molar refractivity (Wildman–Crippen MR) is 251 cm³/mol. The standard InChI is InChI=1S/C57H44N2/c1-57(2)52-28-13-12-26-51(52)55-47(27-15-29-53(55)57)43-22-14-21-42(37-43)46-33-34-50(49-25-11-10-24-48(46)49)54(59-56(58)40-18-4-3-5-19-40)35-32-39-17-8-9-23-45(39)44-31-30-38-16-6-7-20-41(38)36-44/h3-31,33-37H,32H2,1-2H3,(H2,58,59)/b54-35-. The zero-order chi connectivity index (χ0) is 39.9. The quantitative estimate of drug-likeness (QED) is 0.122. The third-order valence-electron chi connectivity index (χ3n) is 12.2. The van der Waals surface area contributed by atoms with Gasteiger partial charge in [-0.2, -0.15) is 0 Å². The van der Waals surface area contributed by atoms with Gasteiger partial charge in [-0.3, -0.25) is 0 Å². The van der Waals surface area contributed by atoms with Crippen LogP contribution >= 0.6 is 0 Å². The predicted octanol–water partition coefficient (Wildman–Crippen LogP) is 14.3. The second-order valence-corrected chi connectivity index (χ2v) is 16.1. The molecule has 0 heterocycles. The van der Waals surface area contributed by atoms with Crippen molar-refractivity contribution in [3.8, 4) is 44.5 Å². The van der Waals surface area contributed by atoms with Crippen LogP contribution in [0.25, 0.3) is 71.7 Å². The summed E-state index contributed by atoms with van der Waals surface area (Å²) in [6.45, 7) is 4.69. The molecule has 10 rings (SSSR count). The molecule has 2 heteroatoms. The maximum Gasteiger partial charge on any atom is 0.131 e. The molecule has 0 aliphatic heterocycles. The maximum absolute atomic E-state index is 6.81. The molecule has 59 heavy (non-hydrogen) atoms. The number of hydrogen-bond acceptors (Lipinski definition) is 1. The van der Waals surface area contributed by atoms with Crippen molar-refractivity contribution in [1.29, 1.82) is 0 Å². The molecule has 0 atom stereocenters. The van der Waals surface area contributed by atoms with Crippen LogP contribution < -0.4 is 5.73 Å². The fraction of sp³-hybridized carbons (Fsp3) is 0.0702. The Morgan fingerprint density at radius 1 is 0.492 bits per heavy atom. The number of hydrogen-bond donors (Lipinski definition) is 1. The van der Waals surface area contributed by atoms with Gasteiger partial charge in [0, 0.05) is 16.5 Å². The molecule has 0 radical (unpaired) electrons. The molecule has 9 aromatic rings. The highest BCUT2D eigenvalue weighted by Gasteiger charge is 2.36. The van der Waals surface area contributed by atoms with Gasteiger partial charge >= 0.3 is 0 Å². The van der Waals surface area contributed by atoms with Crippen LogP contribution in [0.2, 0.25) is 0 Å². The van der Waals surface area contributed by atoms with Gasteiger partial charge in [0.25, 0.3) is 0 Å². The van der Waals surface area contributed by atoms with E-state index in [0.717, 1.165) is 22.2 Å². The van der Waals surface area contributed by atoms with E-state index in [1.165, 1.54) is 77.4 Å². The highest BCUT2D eigenvalue weighted by atomic mass is 14.9. The Balaban J connectivity index is 1.08. The molecular weight excluding hydrogens is 713 g/mol. The van der Waals surface area contributed by atoms with E-state index in [9.17, 15) is 0 Å². The highest BCUT2D eigenvalue weighted by Crippen LogP contribution is 2.52. The van der Waals surface area contributed by atoms with Crippen molar-refractivity contribution in [3.05, 3.63) is 234 Å². The lowest BCUT2D eigenvalue weighted by atomic mass is 9.82. The number of benzene rings is 9. The van der Waals surface area contributed by atoms with E-state index < -0.39 is 0 Å². The van der Waals surface area contributed by atoms with Crippen molar-refractivity contribution in [1.82, 2.24) is 0 Å². The average Bonchev–Trinajstić information content (AvgIpc) is 3.53. The van der Waals surface area contributed by atoms with Gasteiger partial charge in [-0.15, -0.1) is 0 Å². The highest BCUT2D eigenvalue weighted by molar-refractivity contribution is 6.06. The van der Waals surface area contributed by atoms with Crippen LogP contribution in [0.5, 0.6) is 0 Å². The van der Waals surface area contributed by atoms with Crippen molar-refractivity contribution >= 4 is 33.1 Å². The third-order valence-corrected chi connectivity index (χ3v) is 12.2. The summed E-state index contributed by atoms with van der Waals surface area (Å²) in [4.78, 5) is 5.20. The van der Waals surface area contributed by atoms with Crippen LogP contribution in [0.1, 0.15) is 41.7 Å². The average molecular weight is 757 g/mol. The number of fused-ring (bicyclic) bond motifs is 5. The van der Waals surface area contributed by atoms with E-state index >= 15 is 0 Å². The number of aliphatic imine (C=N–C) groups is 1. The molecule has 1 aliphatic rings. The molecular formula is C57H44N2. The number of allylic oxidation sites excluding steroid dienone is 1. The first-order valence-electron chi connectivity index (χ1n) is 20.5. The summed E-state index contributed by atoms with van der Waals surface area (Å²) >= 11 is 0. The normalized spacial score (nSPS) is 13.4. The minimum Gasteiger partial charge on any atom is -0.383 e. The van der Waals surface area contributed by atoms with Crippen LogP contribution in [0.4, 0.5) is 0 Å². The monoisotopic (exact) mass is 756 g/mol. The molecule has 0 amide bonds. The van der Waals surface area contributed by atoms with Crippen LogP contribution in [-0.2, 0) is 11.8 Å². The molecule has 0 fully saturated rings. The second kappa shape index (κ2) is 14.9. The number of amidine groups is 1. The molecule has 9 aromatic carbocycles. The summed E-state index contributed by atoms with van der Waals surface area (Å²) in [5.74, 6) is 0.487. The molecule has 0 aromatic heterocycles. The molecule has 0 saturated carbocycles. The molecule has 2 N–H and O–H groups in total. The van der Waals surface area contributed by atoms with Crippen molar-refractivity contribution in [3.63, 3.8) is 0 Å². The van der Waals surface area contributed by atoms with E-state index in [-0.39, 0.29) is 5.41 Å². The number of nitrogens with zero attached hydrogens (tertiary/aromatic N) is 1. The largest absolute Gasteiger partial charge is 0.383 e. The first-order valence-corrected chi connectivity index (χ1v) is 20.5. The minimum absolute atomic E-state index is 0.0539. The van der Waals surface area contributed by atoms with Crippen molar-refractivity contribution in [2.45, 2.75) is 25.7 Å². The smallest absolute Gasteiger partial charge is 0.131 e. The minimum atomic E-state index is -0.0539. The molecule has 1 aliphatic carbocycles. The summed E-state index contributed by atoms with van der Waals surface area (Å²) in [5.41, 5.74) is 23.5.